The molecule has 0 bridgehead atoms. The Kier molecular flexibility index (Phi) is 6.33. The number of amides is 2. The molecule has 2 atom stereocenters. The minimum absolute atomic E-state index is 0. The maximum atomic E-state index is 12.6. The minimum atomic E-state index is -0.488. The van der Waals surface area contributed by atoms with Crippen LogP contribution in [0.2, 0.25) is 0 Å². The molecule has 144 valence electrons. The molecular formula is C20H24ClN3O3. The van der Waals surface area contributed by atoms with Crippen LogP contribution in [0.15, 0.2) is 36.4 Å². The van der Waals surface area contributed by atoms with E-state index < -0.39 is 6.10 Å². The zero-order valence-electron chi connectivity index (χ0n) is 15.5. The molecule has 2 aromatic carbocycles. The SMILES string of the molecule is CCC1Oc2cc(C(C)NC(=O)c3cc(N)ccc3C)ccc2NC1=O.Cl. The van der Waals surface area contributed by atoms with Gasteiger partial charge in [0.15, 0.2) is 6.10 Å². The van der Waals surface area contributed by atoms with Crippen molar-refractivity contribution in [3.8, 4) is 5.75 Å². The number of benzene rings is 2. The summed E-state index contributed by atoms with van der Waals surface area (Å²) in [6.07, 6.45) is 0.105. The van der Waals surface area contributed by atoms with Crippen molar-refractivity contribution in [2.75, 3.05) is 11.1 Å². The summed E-state index contributed by atoms with van der Waals surface area (Å²) in [5.41, 5.74) is 9.31. The normalized spacial score (nSPS) is 16.3. The smallest absolute Gasteiger partial charge is 0.265 e. The average molecular weight is 390 g/mol. The summed E-state index contributed by atoms with van der Waals surface area (Å²) in [6.45, 7) is 5.68. The molecular weight excluding hydrogens is 366 g/mol. The molecule has 2 amide bonds. The van der Waals surface area contributed by atoms with Gasteiger partial charge < -0.3 is 21.1 Å². The van der Waals surface area contributed by atoms with Crippen LogP contribution >= 0.6 is 12.4 Å². The van der Waals surface area contributed by atoms with Crippen molar-refractivity contribution >= 4 is 35.6 Å². The third kappa shape index (κ3) is 4.34. The number of carbonyl (C=O) groups excluding carboxylic acids is 2. The fourth-order valence-electron chi connectivity index (χ4n) is 2.94. The molecule has 0 aliphatic carbocycles. The number of hydrogen-bond donors (Lipinski definition) is 3. The average Bonchev–Trinajstić information content (AvgIpc) is 2.62. The molecule has 2 unspecified atom stereocenters. The van der Waals surface area contributed by atoms with E-state index in [1.807, 2.05) is 39.0 Å². The zero-order valence-corrected chi connectivity index (χ0v) is 16.4. The quantitative estimate of drug-likeness (QED) is 0.696. The highest BCUT2D eigenvalue weighted by atomic mass is 35.5. The molecule has 0 fully saturated rings. The van der Waals surface area contributed by atoms with Crippen molar-refractivity contribution in [2.24, 2.45) is 0 Å². The van der Waals surface area contributed by atoms with Gasteiger partial charge in [-0.25, -0.2) is 0 Å². The molecule has 0 radical (unpaired) electrons. The van der Waals surface area contributed by atoms with Crippen molar-refractivity contribution < 1.29 is 14.3 Å². The van der Waals surface area contributed by atoms with Gasteiger partial charge in [0.1, 0.15) is 5.75 Å². The highest BCUT2D eigenvalue weighted by Gasteiger charge is 2.26. The van der Waals surface area contributed by atoms with Crippen LogP contribution in [0.5, 0.6) is 5.75 Å². The van der Waals surface area contributed by atoms with E-state index in [0.717, 1.165) is 11.1 Å². The van der Waals surface area contributed by atoms with E-state index >= 15 is 0 Å². The molecule has 27 heavy (non-hydrogen) atoms. The van der Waals surface area contributed by atoms with Gasteiger partial charge in [0, 0.05) is 11.3 Å². The number of halogens is 1. The van der Waals surface area contributed by atoms with Gasteiger partial charge in [-0.1, -0.05) is 19.1 Å². The molecule has 6 nitrogen and oxygen atoms in total. The van der Waals surface area contributed by atoms with Crippen LogP contribution in [0.4, 0.5) is 11.4 Å². The third-order valence-corrected chi connectivity index (χ3v) is 4.55. The molecule has 0 saturated carbocycles. The lowest BCUT2D eigenvalue weighted by molar-refractivity contribution is -0.123. The van der Waals surface area contributed by atoms with Crippen molar-refractivity contribution in [3.05, 3.63) is 53.1 Å². The first-order valence-corrected chi connectivity index (χ1v) is 8.67. The molecule has 4 N–H and O–H groups in total. The topological polar surface area (TPSA) is 93.4 Å². The Morgan fingerprint density at radius 2 is 2.04 bits per heavy atom. The van der Waals surface area contributed by atoms with Gasteiger partial charge in [-0.05, 0) is 55.7 Å². The Labute approximate surface area is 164 Å². The minimum Gasteiger partial charge on any atom is -0.478 e. The maximum absolute atomic E-state index is 12.6. The number of fused-ring (bicyclic) bond motifs is 1. The summed E-state index contributed by atoms with van der Waals surface area (Å²) in [7, 11) is 0. The summed E-state index contributed by atoms with van der Waals surface area (Å²) < 4.78 is 5.77. The van der Waals surface area contributed by atoms with Crippen LogP contribution in [-0.2, 0) is 4.79 Å². The number of hydrogen-bond acceptors (Lipinski definition) is 4. The first-order valence-electron chi connectivity index (χ1n) is 8.67. The summed E-state index contributed by atoms with van der Waals surface area (Å²) >= 11 is 0. The molecule has 3 rings (SSSR count). The highest BCUT2D eigenvalue weighted by Crippen LogP contribution is 2.33. The summed E-state index contributed by atoms with van der Waals surface area (Å²) in [6, 6.07) is 10.6. The van der Waals surface area contributed by atoms with Crippen LogP contribution < -0.4 is 21.1 Å². The van der Waals surface area contributed by atoms with Crippen LogP contribution in [0.25, 0.3) is 0 Å². The molecule has 1 aliphatic heterocycles. The summed E-state index contributed by atoms with van der Waals surface area (Å²) in [5.74, 6) is 0.308. The van der Waals surface area contributed by atoms with Crippen molar-refractivity contribution in [3.63, 3.8) is 0 Å². The number of rotatable bonds is 4. The lowest BCUT2D eigenvalue weighted by Crippen LogP contribution is -2.36. The van der Waals surface area contributed by atoms with E-state index in [2.05, 4.69) is 10.6 Å². The van der Waals surface area contributed by atoms with Gasteiger partial charge in [0.05, 0.1) is 11.7 Å². The Morgan fingerprint density at radius 3 is 2.74 bits per heavy atom. The molecule has 1 aliphatic rings. The third-order valence-electron chi connectivity index (χ3n) is 4.55. The van der Waals surface area contributed by atoms with Gasteiger partial charge in [0.25, 0.3) is 11.8 Å². The predicted octanol–water partition coefficient (Wildman–Crippen LogP) is 3.60. The number of nitrogen functional groups attached to an aromatic ring is 1. The number of carbonyl (C=O) groups is 2. The second-order valence-electron chi connectivity index (χ2n) is 6.53. The number of nitrogens with two attached hydrogens (primary N) is 1. The van der Waals surface area contributed by atoms with Crippen molar-refractivity contribution in [2.45, 2.75) is 39.3 Å². The van der Waals surface area contributed by atoms with E-state index in [1.165, 1.54) is 0 Å². The summed E-state index contributed by atoms with van der Waals surface area (Å²) in [4.78, 5) is 24.4. The second kappa shape index (κ2) is 8.31. The van der Waals surface area contributed by atoms with Gasteiger partial charge in [-0.3, -0.25) is 9.59 Å². The highest BCUT2D eigenvalue weighted by molar-refractivity contribution is 5.98. The van der Waals surface area contributed by atoms with E-state index in [-0.39, 0.29) is 30.3 Å². The van der Waals surface area contributed by atoms with Crippen molar-refractivity contribution in [1.82, 2.24) is 5.32 Å². The standard InChI is InChI=1S/C20H23N3O3.ClH/c1-4-17-20(25)23-16-8-6-13(9-18(16)26-17)12(3)22-19(24)15-10-14(21)7-5-11(15)2;/h5-10,12,17H,4,21H2,1-3H3,(H,22,24)(H,23,25);1H. The fourth-order valence-corrected chi connectivity index (χ4v) is 2.94. The van der Waals surface area contributed by atoms with Crippen LogP contribution in [0, 0.1) is 6.92 Å². The molecule has 7 heteroatoms. The first-order chi connectivity index (χ1) is 12.4. The van der Waals surface area contributed by atoms with E-state index in [9.17, 15) is 9.59 Å². The predicted molar refractivity (Wildman–Crippen MR) is 108 cm³/mol. The fraction of sp³-hybridized carbons (Fsp3) is 0.300. The molecule has 0 aromatic heterocycles. The lowest BCUT2D eigenvalue weighted by atomic mass is 10.0. The second-order valence-corrected chi connectivity index (χ2v) is 6.53. The molecule has 2 aromatic rings. The van der Waals surface area contributed by atoms with Crippen LogP contribution in [0.1, 0.15) is 47.8 Å². The molecule has 0 spiro atoms. The van der Waals surface area contributed by atoms with Gasteiger partial charge >= 0.3 is 0 Å². The van der Waals surface area contributed by atoms with Gasteiger partial charge in [-0.15, -0.1) is 12.4 Å². The summed E-state index contributed by atoms with van der Waals surface area (Å²) in [5, 5.41) is 5.83. The largest absolute Gasteiger partial charge is 0.478 e. The van der Waals surface area contributed by atoms with Gasteiger partial charge in [-0.2, -0.15) is 0 Å². The van der Waals surface area contributed by atoms with Crippen molar-refractivity contribution in [1.29, 1.82) is 0 Å². The van der Waals surface area contributed by atoms with Crippen LogP contribution in [0.3, 0.4) is 0 Å². The zero-order chi connectivity index (χ0) is 18.8. The Bertz CT molecular complexity index is 870. The van der Waals surface area contributed by atoms with Gasteiger partial charge in [0.2, 0.25) is 0 Å². The lowest BCUT2D eigenvalue weighted by Gasteiger charge is -2.26. The molecule has 0 saturated heterocycles. The Balaban J connectivity index is 0.00000261. The van der Waals surface area contributed by atoms with Crippen LogP contribution in [-0.4, -0.2) is 17.9 Å². The number of anilines is 2. The number of aryl methyl sites for hydroxylation is 1. The number of ether oxygens (including phenoxy) is 1. The maximum Gasteiger partial charge on any atom is 0.265 e. The first kappa shape index (κ1) is 20.6. The molecule has 1 heterocycles. The Morgan fingerprint density at radius 1 is 1.30 bits per heavy atom. The monoisotopic (exact) mass is 389 g/mol. The number of nitrogens with one attached hydrogen (secondary N) is 2. The van der Waals surface area contributed by atoms with E-state index in [4.69, 9.17) is 10.5 Å². The Hall–Kier alpha value is -2.73. The van der Waals surface area contributed by atoms with E-state index in [1.54, 1.807) is 18.2 Å². The van der Waals surface area contributed by atoms with E-state index in [0.29, 0.717) is 29.1 Å².